The summed E-state index contributed by atoms with van der Waals surface area (Å²) in [6, 6.07) is 5.81. The zero-order valence-electron chi connectivity index (χ0n) is 12.8. The van der Waals surface area contributed by atoms with Gasteiger partial charge in [-0.2, -0.15) is 0 Å². The van der Waals surface area contributed by atoms with Crippen LogP contribution in [0.15, 0.2) is 24.3 Å². The molecule has 2 N–H and O–H groups in total. The lowest BCUT2D eigenvalue weighted by atomic mass is 9.93. The Morgan fingerprint density at radius 1 is 1.43 bits per heavy atom. The van der Waals surface area contributed by atoms with Gasteiger partial charge in [0.15, 0.2) is 6.10 Å². The van der Waals surface area contributed by atoms with Gasteiger partial charge in [-0.15, -0.1) is 0 Å². The Labute approximate surface area is 139 Å². The number of halogens is 1. The van der Waals surface area contributed by atoms with Crippen molar-refractivity contribution in [3.63, 3.8) is 0 Å². The minimum absolute atomic E-state index is 0.238. The summed E-state index contributed by atoms with van der Waals surface area (Å²) in [5.74, 6) is -1.43. The molecular formula is C16H20ClNO5. The number of carboxylic acids is 1. The van der Waals surface area contributed by atoms with Crippen molar-refractivity contribution in [2.75, 3.05) is 13.2 Å². The van der Waals surface area contributed by atoms with Crippen LogP contribution in [0.1, 0.15) is 19.8 Å². The number of hydrogen-bond acceptors (Lipinski definition) is 4. The molecule has 2 rings (SSSR count). The monoisotopic (exact) mass is 341 g/mol. The van der Waals surface area contributed by atoms with Gasteiger partial charge in [-0.05, 0) is 31.9 Å². The lowest BCUT2D eigenvalue weighted by molar-refractivity contribution is -0.146. The molecular weight excluding hydrogens is 322 g/mol. The van der Waals surface area contributed by atoms with Crippen molar-refractivity contribution in [2.45, 2.75) is 31.9 Å². The van der Waals surface area contributed by atoms with Gasteiger partial charge in [0.2, 0.25) is 0 Å². The first-order valence-corrected chi connectivity index (χ1v) is 7.89. The highest BCUT2D eigenvalue weighted by Gasteiger charge is 2.32. The van der Waals surface area contributed by atoms with Crippen LogP contribution < -0.4 is 10.1 Å². The van der Waals surface area contributed by atoms with Gasteiger partial charge in [0, 0.05) is 12.5 Å². The number of benzene rings is 1. The summed E-state index contributed by atoms with van der Waals surface area (Å²) in [7, 11) is 0. The van der Waals surface area contributed by atoms with Crippen LogP contribution in [-0.4, -0.2) is 42.3 Å². The number of amides is 1. The quantitative estimate of drug-likeness (QED) is 0.827. The van der Waals surface area contributed by atoms with Gasteiger partial charge in [-0.1, -0.05) is 23.7 Å². The van der Waals surface area contributed by atoms with E-state index in [4.69, 9.17) is 21.1 Å². The Bertz CT molecular complexity index is 559. The Hall–Kier alpha value is -1.79. The number of hydrogen-bond donors (Lipinski definition) is 2. The highest BCUT2D eigenvalue weighted by atomic mass is 35.5. The topological polar surface area (TPSA) is 84.9 Å². The Morgan fingerprint density at radius 3 is 2.78 bits per heavy atom. The van der Waals surface area contributed by atoms with Crippen LogP contribution in [0.2, 0.25) is 5.02 Å². The van der Waals surface area contributed by atoms with Gasteiger partial charge in [0.1, 0.15) is 11.8 Å². The third-order valence-electron chi connectivity index (χ3n) is 3.74. The largest absolute Gasteiger partial charge is 0.480 e. The lowest BCUT2D eigenvalue weighted by Crippen LogP contribution is -2.51. The van der Waals surface area contributed by atoms with Gasteiger partial charge < -0.3 is 19.9 Å². The predicted octanol–water partition coefficient (Wildman–Crippen LogP) is 2.10. The van der Waals surface area contributed by atoms with Crippen molar-refractivity contribution < 1.29 is 24.2 Å². The van der Waals surface area contributed by atoms with Crippen LogP contribution in [0.3, 0.4) is 0 Å². The Balaban J connectivity index is 1.97. The molecule has 126 valence electrons. The number of rotatable bonds is 6. The molecule has 1 fully saturated rings. The third-order valence-corrected chi connectivity index (χ3v) is 4.05. The van der Waals surface area contributed by atoms with E-state index in [2.05, 4.69) is 5.32 Å². The highest BCUT2D eigenvalue weighted by Crippen LogP contribution is 2.24. The first kappa shape index (κ1) is 17.6. The molecule has 0 aromatic heterocycles. The smallest absolute Gasteiger partial charge is 0.326 e. The molecule has 3 unspecified atom stereocenters. The second-order valence-corrected chi connectivity index (χ2v) is 5.90. The van der Waals surface area contributed by atoms with Gasteiger partial charge >= 0.3 is 5.97 Å². The van der Waals surface area contributed by atoms with Crippen LogP contribution >= 0.6 is 11.6 Å². The third kappa shape index (κ3) is 4.84. The summed E-state index contributed by atoms with van der Waals surface area (Å²) in [5.41, 5.74) is 0. The van der Waals surface area contributed by atoms with Gasteiger partial charge in [0.25, 0.3) is 5.91 Å². The maximum Gasteiger partial charge on any atom is 0.326 e. The molecule has 0 aliphatic carbocycles. The molecule has 1 aromatic carbocycles. The van der Waals surface area contributed by atoms with Crippen molar-refractivity contribution in [2.24, 2.45) is 5.92 Å². The van der Waals surface area contributed by atoms with Crippen molar-refractivity contribution in [1.29, 1.82) is 0 Å². The standard InChI is InChI=1S/C16H20ClNO5/c1-10(23-13-7-3-2-6-12(13)17)15(19)18-14(16(20)21)11-5-4-8-22-9-11/h2-3,6-7,10-11,14H,4-5,8-9H2,1H3,(H,18,19)(H,20,21). The second kappa shape index (κ2) is 8.17. The minimum Gasteiger partial charge on any atom is -0.480 e. The van der Waals surface area contributed by atoms with E-state index in [0.29, 0.717) is 30.4 Å². The van der Waals surface area contributed by atoms with Crippen LogP contribution in [0, 0.1) is 5.92 Å². The SMILES string of the molecule is CC(Oc1ccccc1Cl)C(=O)NC(C(=O)O)C1CCCOC1. The molecule has 1 aliphatic rings. The van der Waals surface area contributed by atoms with Crippen LogP contribution in [-0.2, 0) is 14.3 Å². The van der Waals surface area contributed by atoms with Gasteiger partial charge in [-0.25, -0.2) is 4.79 Å². The van der Waals surface area contributed by atoms with E-state index in [1.165, 1.54) is 0 Å². The van der Waals surface area contributed by atoms with E-state index in [0.717, 1.165) is 6.42 Å². The van der Waals surface area contributed by atoms with Crippen molar-refractivity contribution in [3.05, 3.63) is 29.3 Å². The molecule has 1 aliphatic heterocycles. The van der Waals surface area contributed by atoms with E-state index in [1.807, 2.05) is 0 Å². The number of carbonyl (C=O) groups is 2. The van der Waals surface area contributed by atoms with Gasteiger partial charge in [-0.3, -0.25) is 4.79 Å². The first-order valence-electron chi connectivity index (χ1n) is 7.51. The number of aliphatic carboxylic acids is 1. The normalized spacial score (nSPS) is 20.3. The molecule has 7 heteroatoms. The molecule has 6 nitrogen and oxygen atoms in total. The molecule has 0 bridgehead atoms. The van der Waals surface area contributed by atoms with E-state index >= 15 is 0 Å². The molecule has 1 heterocycles. The zero-order valence-corrected chi connectivity index (χ0v) is 13.6. The average Bonchev–Trinajstić information content (AvgIpc) is 2.55. The summed E-state index contributed by atoms with van der Waals surface area (Å²) in [6.07, 6.45) is 0.633. The molecule has 23 heavy (non-hydrogen) atoms. The number of ether oxygens (including phenoxy) is 2. The number of carboxylic acid groups (broad SMARTS) is 1. The lowest BCUT2D eigenvalue weighted by Gasteiger charge is -2.29. The maximum absolute atomic E-state index is 12.2. The molecule has 1 aromatic rings. The average molecular weight is 342 g/mol. The maximum atomic E-state index is 12.2. The highest BCUT2D eigenvalue weighted by molar-refractivity contribution is 6.32. The van der Waals surface area contributed by atoms with Crippen molar-refractivity contribution in [3.8, 4) is 5.75 Å². The molecule has 3 atom stereocenters. The van der Waals surface area contributed by atoms with E-state index < -0.39 is 24.0 Å². The first-order chi connectivity index (χ1) is 11.0. The molecule has 0 radical (unpaired) electrons. The van der Waals surface area contributed by atoms with Crippen LogP contribution in [0.5, 0.6) is 5.75 Å². The summed E-state index contributed by atoms with van der Waals surface area (Å²) in [6.45, 7) is 2.51. The van der Waals surface area contributed by atoms with E-state index in [1.54, 1.807) is 31.2 Å². The number of carbonyl (C=O) groups excluding carboxylic acids is 1. The number of nitrogens with one attached hydrogen (secondary N) is 1. The van der Waals surface area contributed by atoms with Crippen LogP contribution in [0.25, 0.3) is 0 Å². The summed E-state index contributed by atoms with van der Waals surface area (Å²) >= 11 is 5.98. The molecule has 1 saturated heterocycles. The Kier molecular flexibility index (Phi) is 6.24. The molecule has 1 amide bonds. The second-order valence-electron chi connectivity index (χ2n) is 5.49. The van der Waals surface area contributed by atoms with Crippen molar-refractivity contribution in [1.82, 2.24) is 5.32 Å². The van der Waals surface area contributed by atoms with Crippen LogP contribution in [0.4, 0.5) is 0 Å². The predicted molar refractivity (Wildman–Crippen MR) is 84.7 cm³/mol. The zero-order chi connectivity index (χ0) is 16.8. The van der Waals surface area contributed by atoms with E-state index in [-0.39, 0.29) is 5.92 Å². The number of para-hydroxylation sites is 1. The fourth-order valence-electron chi connectivity index (χ4n) is 2.46. The minimum atomic E-state index is -1.07. The fraction of sp³-hybridized carbons (Fsp3) is 0.500. The molecule has 0 spiro atoms. The van der Waals surface area contributed by atoms with E-state index in [9.17, 15) is 14.7 Å². The summed E-state index contributed by atoms with van der Waals surface area (Å²) in [4.78, 5) is 23.7. The summed E-state index contributed by atoms with van der Waals surface area (Å²) in [5, 5.41) is 12.3. The van der Waals surface area contributed by atoms with Gasteiger partial charge in [0.05, 0.1) is 11.6 Å². The Morgan fingerprint density at radius 2 is 2.17 bits per heavy atom. The summed E-state index contributed by atoms with van der Waals surface area (Å²) < 4.78 is 10.8. The van der Waals surface area contributed by atoms with Crippen molar-refractivity contribution >= 4 is 23.5 Å². The molecule has 0 saturated carbocycles. The fourth-order valence-corrected chi connectivity index (χ4v) is 2.64.